The number of anilines is 4. The van der Waals surface area contributed by atoms with Crippen LogP contribution in [0.3, 0.4) is 0 Å². The fourth-order valence-corrected chi connectivity index (χ4v) is 3.31. The number of para-hydroxylation sites is 2. The van der Waals surface area contributed by atoms with Crippen LogP contribution in [0.2, 0.25) is 0 Å². The average molecular weight is 392 g/mol. The Morgan fingerprint density at radius 3 is 2.55 bits per heavy atom. The van der Waals surface area contributed by atoms with Crippen molar-refractivity contribution in [2.75, 3.05) is 49.2 Å². The molecule has 3 N–H and O–H groups in total. The smallest absolute Gasteiger partial charge is 0.232 e. The van der Waals surface area contributed by atoms with Crippen LogP contribution >= 0.6 is 0 Å². The molecule has 0 aliphatic carbocycles. The molecule has 9 nitrogen and oxygen atoms in total. The van der Waals surface area contributed by atoms with Gasteiger partial charge in [-0.25, -0.2) is 4.98 Å². The zero-order valence-corrected chi connectivity index (χ0v) is 16.3. The van der Waals surface area contributed by atoms with Gasteiger partial charge >= 0.3 is 0 Å². The summed E-state index contributed by atoms with van der Waals surface area (Å²) in [5.74, 6) is 2.96. The van der Waals surface area contributed by atoms with Gasteiger partial charge in [-0.3, -0.25) is 4.90 Å². The second-order valence-electron chi connectivity index (χ2n) is 6.71. The van der Waals surface area contributed by atoms with Gasteiger partial charge in [-0.2, -0.15) is 15.0 Å². The van der Waals surface area contributed by atoms with Crippen molar-refractivity contribution in [1.82, 2.24) is 24.8 Å². The van der Waals surface area contributed by atoms with E-state index in [1.807, 2.05) is 48.7 Å². The number of hydrogen-bond acceptors (Lipinski definition) is 9. The van der Waals surface area contributed by atoms with Crippen molar-refractivity contribution in [2.45, 2.75) is 6.54 Å². The van der Waals surface area contributed by atoms with Gasteiger partial charge < -0.3 is 20.7 Å². The lowest BCUT2D eigenvalue weighted by Crippen LogP contribution is -2.46. The SMILES string of the molecule is COc1ccccc1Nc1nc(N)nc(CN2CCN(c3ccccn3)CC2)n1. The molecule has 0 amide bonds. The summed E-state index contributed by atoms with van der Waals surface area (Å²) in [6.07, 6.45) is 1.82. The van der Waals surface area contributed by atoms with E-state index in [1.165, 1.54) is 0 Å². The molecule has 4 rings (SSSR count). The van der Waals surface area contributed by atoms with Crippen molar-refractivity contribution in [3.8, 4) is 5.75 Å². The van der Waals surface area contributed by atoms with Crippen molar-refractivity contribution < 1.29 is 4.74 Å². The maximum atomic E-state index is 5.92. The lowest BCUT2D eigenvalue weighted by atomic mass is 10.3. The van der Waals surface area contributed by atoms with E-state index in [2.05, 4.69) is 35.1 Å². The molecule has 0 saturated carbocycles. The van der Waals surface area contributed by atoms with Crippen LogP contribution in [0, 0.1) is 0 Å². The molecule has 2 aromatic heterocycles. The van der Waals surface area contributed by atoms with Gasteiger partial charge in [-0.15, -0.1) is 0 Å². The fraction of sp³-hybridized carbons (Fsp3) is 0.300. The van der Waals surface area contributed by atoms with E-state index in [0.717, 1.165) is 37.7 Å². The lowest BCUT2D eigenvalue weighted by Gasteiger charge is -2.34. The zero-order valence-electron chi connectivity index (χ0n) is 16.3. The van der Waals surface area contributed by atoms with Crippen LogP contribution in [0.1, 0.15) is 5.82 Å². The molecule has 1 aliphatic heterocycles. The number of aromatic nitrogens is 4. The van der Waals surface area contributed by atoms with Crippen LogP contribution in [-0.4, -0.2) is 58.1 Å². The van der Waals surface area contributed by atoms with Crippen LogP contribution < -0.4 is 20.7 Å². The highest BCUT2D eigenvalue weighted by Crippen LogP contribution is 2.25. The highest BCUT2D eigenvalue weighted by atomic mass is 16.5. The Balaban J connectivity index is 1.41. The first-order valence-corrected chi connectivity index (χ1v) is 9.50. The van der Waals surface area contributed by atoms with E-state index >= 15 is 0 Å². The highest BCUT2D eigenvalue weighted by molar-refractivity contribution is 5.62. The molecule has 0 radical (unpaired) electrons. The summed E-state index contributed by atoms with van der Waals surface area (Å²) in [4.78, 5) is 22.1. The first-order chi connectivity index (χ1) is 14.2. The third-order valence-electron chi connectivity index (χ3n) is 4.76. The van der Waals surface area contributed by atoms with E-state index in [-0.39, 0.29) is 5.95 Å². The highest BCUT2D eigenvalue weighted by Gasteiger charge is 2.19. The maximum Gasteiger partial charge on any atom is 0.232 e. The van der Waals surface area contributed by atoms with Gasteiger partial charge in [0.2, 0.25) is 11.9 Å². The largest absolute Gasteiger partial charge is 0.495 e. The molecule has 0 atom stereocenters. The molecule has 1 saturated heterocycles. The van der Waals surface area contributed by atoms with Crippen molar-refractivity contribution in [3.63, 3.8) is 0 Å². The van der Waals surface area contributed by atoms with E-state index in [4.69, 9.17) is 10.5 Å². The molecular weight excluding hydrogens is 368 g/mol. The summed E-state index contributed by atoms with van der Waals surface area (Å²) in [5, 5.41) is 3.17. The van der Waals surface area contributed by atoms with Crippen molar-refractivity contribution in [1.29, 1.82) is 0 Å². The van der Waals surface area contributed by atoms with E-state index in [9.17, 15) is 0 Å². The second kappa shape index (κ2) is 8.70. The number of benzene rings is 1. The predicted octanol–water partition coefficient (Wildman–Crippen LogP) is 1.92. The minimum Gasteiger partial charge on any atom is -0.495 e. The third-order valence-corrected chi connectivity index (χ3v) is 4.76. The molecule has 0 unspecified atom stereocenters. The van der Waals surface area contributed by atoms with Gasteiger partial charge in [-0.05, 0) is 24.3 Å². The first kappa shape index (κ1) is 18.9. The number of nitrogens with two attached hydrogens (primary N) is 1. The number of nitrogens with zero attached hydrogens (tertiary/aromatic N) is 6. The Bertz CT molecular complexity index is 944. The number of rotatable bonds is 6. The summed E-state index contributed by atoms with van der Waals surface area (Å²) >= 11 is 0. The molecule has 3 aromatic rings. The van der Waals surface area contributed by atoms with Crippen molar-refractivity contribution >= 4 is 23.4 Å². The summed E-state index contributed by atoms with van der Waals surface area (Å²) < 4.78 is 5.36. The van der Waals surface area contributed by atoms with E-state index in [1.54, 1.807) is 7.11 Å². The number of nitrogens with one attached hydrogen (secondary N) is 1. The molecular formula is C20H24N8O. The maximum absolute atomic E-state index is 5.92. The Labute approximate surface area is 169 Å². The molecule has 0 bridgehead atoms. The van der Waals surface area contributed by atoms with Gasteiger partial charge in [0.1, 0.15) is 17.4 Å². The van der Waals surface area contributed by atoms with Crippen LogP contribution in [0.25, 0.3) is 0 Å². The van der Waals surface area contributed by atoms with Crippen LogP contribution in [0.5, 0.6) is 5.75 Å². The van der Waals surface area contributed by atoms with Gasteiger partial charge in [0.25, 0.3) is 0 Å². The average Bonchev–Trinajstić information content (AvgIpc) is 2.75. The quantitative estimate of drug-likeness (QED) is 0.651. The third kappa shape index (κ3) is 4.69. The van der Waals surface area contributed by atoms with Gasteiger partial charge in [0, 0.05) is 32.4 Å². The first-order valence-electron chi connectivity index (χ1n) is 9.50. The minimum absolute atomic E-state index is 0.194. The van der Waals surface area contributed by atoms with Gasteiger partial charge in [0.15, 0.2) is 0 Å². The molecule has 1 fully saturated rings. The molecule has 1 aromatic carbocycles. The molecule has 150 valence electrons. The van der Waals surface area contributed by atoms with Crippen LogP contribution in [0.4, 0.5) is 23.4 Å². The van der Waals surface area contributed by atoms with E-state index < -0.39 is 0 Å². The number of ether oxygens (including phenoxy) is 1. The molecule has 9 heteroatoms. The second-order valence-corrected chi connectivity index (χ2v) is 6.71. The molecule has 1 aliphatic rings. The normalized spacial score (nSPS) is 14.6. The van der Waals surface area contributed by atoms with Gasteiger partial charge in [-0.1, -0.05) is 18.2 Å². The summed E-state index contributed by atoms with van der Waals surface area (Å²) in [7, 11) is 1.62. The molecule has 3 heterocycles. The topological polar surface area (TPSA) is 105 Å². The number of nitrogen functional groups attached to an aromatic ring is 1. The van der Waals surface area contributed by atoms with E-state index in [0.29, 0.717) is 24.1 Å². The monoisotopic (exact) mass is 392 g/mol. The summed E-state index contributed by atoms with van der Waals surface area (Å²) in [6.45, 7) is 4.23. The minimum atomic E-state index is 0.194. The Morgan fingerprint density at radius 1 is 1.00 bits per heavy atom. The van der Waals surface area contributed by atoms with Crippen molar-refractivity contribution in [3.05, 3.63) is 54.5 Å². The summed E-state index contributed by atoms with van der Waals surface area (Å²) in [5.41, 5.74) is 6.69. The molecule has 0 spiro atoms. The Morgan fingerprint density at radius 2 is 1.79 bits per heavy atom. The fourth-order valence-electron chi connectivity index (χ4n) is 3.31. The number of methoxy groups -OCH3 is 1. The standard InChI is InChI=1S/C20H24N8O/c1-29-16-7-3-2-6-15(16)23-20-25-17(24-19(21)26-20)14-27-10-12-28(13-11-27)18-8-4-5-9-22-18/h2-9H,10-14H2,1H3,(H3,21,23,24,25,26). The number of hydrogen-bond donors (Lipinski definition) is 2. The van der Waals surface area contributed by atoms with Crippen LogP contribution in [-0.2, 0) is 6.54 Å². The zero-order chi connectivity index (χ0) is 20.1. The van der Waals surface area contributed by atoms with Gasteiger partial charge in [0.05, 0.1) is 19.3 Å². The Hall–Kier alpha value is -3.46. The number of pyridine rings is 1. The van der Waals surface area contributed by atoms with Crippen molar-refractivity contribution in [2.24, 2.45) is 0 Å². The number of piperazine rings is 1. The summed E-state index contributed by atoms with van der Waals surface area (Å²) in [6, 6.07) is 13.6. The van der Waals surface area contributed by atoms with Crippen LogP contribution in [0.15, 0.2) is 48.7 Å². The molecule has 29 heavy (non-hydrogen) atoms. The Kier molecular flexibility index (Phi) is 5.66. The predicted molar refractivity (Wildman–Crippen MR) is 112 cm³/mol. The lowest BCUT2D eigenvalue weighted by molar-refractivity contribution is 0.243.